The molecule has 196 valence electrons. The fourth-order valence-electron chi connectivity index (χ4n) is 5.45. The molecule has 1 heterocycles. The van der Waals surface area contributed by atoms with E-state index >= 15 is 0 Å². The van der Waals surface area contributed by atoms with E-state index in [2.05, 4.69) is 59.5 Å². The van der Waals surface area contributed by atoms with Gasteiger partial charge in [-0.2, -0.15) is 0 Å². The minimum atomic E-state index is -0.404. The number of nitrogens with zero attached hydrogens (tertiary/aromatic N) is 2. The van der Waals surface area contributed by atoms with Gasteiger partial charge in [-0.15, -0.1) is 0 Å². The molecule has 0 aromatic heterocycles. The molecule has 38 heavy (non-hydrogen) atoms. The SMILES string of the molecule is COc1cc2c(cc1OC)C(Cc1cccc3ccccc13)N(CCCOc1ccccc1[N+](=O)[O-])CC2. The van der Waals surface area contributed by atoms with E-state index in [-0.39, 0.29) is 11.7 Å². The number of nitro benzene ring substituents is 1. The molecule has 4 aromatic rings. The van der Waals surface area contributed by atoms with Crippen LogP contribution in [0.3, 0.4) is 0 Å². The van der Waals surface area contributed by atoms with Crippen LogP contribution in [0.25, 0.3) is 10.8 Å². The van der Waals surface area contributed by atoms with Gasteiger partial charge in [0.2, 0.25) is 0 Å². The van der Waals surface area contributed by atoms with Crippen LogP contribution in [0.2, 0.25) is 0 Å². The molecule has 5 rings (SSSR count). The van der Waals surface area contributed by atoms with Crippen molar-refractivity contribution in [3.63, 3.8) is 0 Å². The largest absolute Gasteiger partial charge is 0.493 e. The van der Waals surface area contributed by atoms with Crippen molar-refractivity contribution in [2.24, 2.45) is 0 Å². The quantitative estimate of drug-likeness (QED) is 0.140. The molecule has 0 aliphatic carbocycles. The Balaban J connectivity index is 1.40. The third-order valence-electron chi connectivity index (χ3n) is 7.32. The second-order valence-corrected chi connectivity index (χ2v) is 9.48. The lowest BCUT2D eigenvalue weighted by molar-refractivity contribution is -0.385. The van der Waals surface area contributed by atoms with Gasteiger partial charge in [0.15, 0.2) is 17.2 Å². The van der Waals surface area contributed by atoms with Crippen molar-refractivity contribution < 1.29 is 19.1 Å². The van der Waals surface area contributed by atoms with Gasteiger partial charge < -0.3 is 14.2 Å². The highest BCUT2D eigenvalue weighted by Gasteiger charge is 2.29. The molecule has 1 aliphatic heterocycles. The van der Waals surface area contributed by atoms with Gasteiger partial charge in [0.25, 0.3) is 0 Å². The third kappa shape index (κ3) is 5.29. The minimum Gasteiger partial charge on any atom is -0.493 e. The molecule has 0 spiro atoms. The highest BCUT2D eigenvalue weighted by Crippen LogP contribution is 2.40. The van der Waals surface area contributed by atoms with Gasteiger partial charge in [-0.05, 0) is 64.9 Å². The maximum Gasteiger partial charge on any atom is 0.310 e. The number of nitro groups is 1. The first-order chi connectivity index (χ1) is 18.6. The molecule has 0 bridgehead atoms. The van der Waals surface area contributed by atoms with Crippen LogP contribution in [0.15, 0.2) is 78.9 Å². The van der Waals surface area contributed by atoms with Gasteiger partial charge in [-0.25, -0.2) is 0 Å². The van der Waals surface area contributed by atoms with Gasteiger partial charge in [0.1, 0.15) is 0 Å². The Bertz CT molecular complexity index is 1430. The Morgan fingerprint density at radius 3 is 2.47 bits per heavy atom. The minimum absolute atomic E-state index is 0.00530. The van der Waals surface area contributed by atoms with Gasteiger partial charge in [-0.3, -0.25) is 15.0 Å². The number of methoxy groups -OCH3 is 2. The standard InChI is InChI=1S/C31H32N2O5/c1-36-30-20-24-15-17-32(16-8-18-38-29-14-6-5-13-27(29)33(34)35)28(26(24)21-31(30)37-2)19-23-11-7-10-22-9-3-4-12-25(22)23/h3-7,9-14,20-21,28H,8,15-19H2,1-2H3. The predicted molar refractivity (Wildman–Crippen MR) is 148 cm³/mol. The lowest BCUT2D eigenvalue weighted by Gasteiger charge is -2.38. The van der Waals surface area contributed by atoms with Gasteiger partial charge in [0, 0.05) is 25.2 Å². The monoisotopic (exact) mass is 512 g/mol. The van der Waals surface area contributed by atoms with Crippen LogP contribution in [0, 0.1) is 10.1 Å². The van der Waals surface area contributed by atoms with Crippen molar-refractivity contribution in [2.45, 2.75) is 25.3 Å². The molecule has 4 aromatic carbocycles. The molecule has 0 amide bonds. The Kier molecular flexibility index (Phi) is 7.75. The summed E-state index contributed by atoms with van der Waals surface area (Å²) in [6, 6.07) is 25.9. The van der Waals surface area contributed by atoms with Crippen LogP contribution in [0.4, 0.5) is 5.69 Å². The Morgan fingerprint density at radius 1 is 0.921 bits per heavy atom. The van der Waals surface area contributed by atoms with E-state index in [1.54, 1.807) is 32.4 Å². The smallest absolute Gasteiger partial charge is 0.310 e. The van der Waals surface area contributed by atoms with Crippen molar-refractivity contribution in [1.29, 1.82) is 0 Å². The molecule has 0 radical (unpaired) electrons. The summed E-state index contributed by atoms with van der Waals surface area (Å²) in [6.07, 6.45) is 2.52. The number of rotatable bonds is 10. The van der Waals surface area contributed by atoms with Crippen molar-refractivity contribution in [1.82, 2.24) is 4.90 Å². The van der Waals surface area contributed by atoms with E-state index in [9.17, 15) is 10.1 Å². The molecule has 1 aliphatic rings. The maximum atomic E-state index is 11.3. The van der Waals surface area contributed by atoms with Crippen LogP contribution in [0.1, 0.15) is 29.2 Å². The molecular weight excluding hydrogens is 480 g/mol. The Morgan fingerprint density at radius 2 is 1.66 bits per heavy atom. The number of hydrogen-bond acceptors (Lipinski definition) is 6. The average molecular weight is 513 g/mol. The van der Waals surface area contributed by atoms with E-state index in [4.69, 9.17) is 14.2 Å². The molecule has 0 saturated carbocycles. The fourth-order valence-corrected chi connectivity index (χ4v) is 5.45. The normalized spacial score (nSPS) is 15.2. The fraction of sp³-hybridized carbons (Fsp3) is 0.290. The molecular formula is C31H32N2O5. The summed E-state index contributed by atoms with van der Waals surface area (Å²) in [5.41, 5.74) is 3.83. The van der Waals surface area contributed by atoms with Crippen LogP contribution in [0.5, 0.6) is 17.2 Å². The van der Waals surface area contributed by atoms with E-state index in [1.807, 2.05) is 0 Å². The first kappa shape index (κ1) is 25.5. The van der Waals surface area contributed by atoms with Gasteiger partial charge in [0.05, 0.1) is 25.7 Å². The number of benzene rings is 4. The molecule has 0 saturated heterocycles. The number of ether oxygens (including phenoxy) is 3. The molecule has 0 N–H and O–H groups in total. The zero-order valence-electron chi connectivity index (χ0n) is 21.8. The highest BCUT2D eigenvalue weighted by molar-refractivity contribution is 5.85. The third-order valence-corrected chi connectivity index (χ3v) is 7.32. The first-order valence-corrected chi connectivity index (χ1v) is 12.9. The van der Waals surface area contributed by atoms with E-state index in [0.717, 1.165) is 43.9 Å². The van der Waals surface area contributed by atoms with Crippen LogP contribution in [-0.2, 0) is 12.8 Å². The number of para-hydroxylation sites is 2. The zero-order chi connectivity index (χ0) is 26.5. The van der Waals surface area contributed by atoms with Crippen molar-refractivity contribution >= 4 is 16.5 Å². The predicted octanol–water partition coefficient (Wildman–Crippen LogP) is 6.38. The first-order valence-electron chi connectivity index (χ1n) is 12.9. The number of fused-ring (bicyclic) bond motifs is 2. The van der Waals surface area contributed by atoms with Crippen LogP contribution in [-0.4, -0.2) is 43.7 Å². The van der Waals surface area contributed by atoms with E-state index in [1.165, 1.54) is 33.5 Å². The summed E-state index contributed by atoms with van der Waals surface area (Å²) >= 11 is 0. The topological polar surface area (TPSA) is 74.1 Å². The Labute approximate surface area is 222 Å². The summed E-state index contributed by atoms with van der Waals surface area (Å²) in [6.45, 7) is 2.12. The summed E-state index contributed by atoms with van der Waals surface area (Å²) in [5, 5.41) is 13.8. The molecule has 0 fully saturated rings. The lowest BCUT2D eigenvalue weighted by atomic mass is 9.87. The van der Waals surface area contributed by atoms with Crippen LogP contribution >= 0.6 is 0 Å². The molecule has 7 heteroatoms. The summed E-state index contributed by atoms with van der Waals surface area (Å²) in [5.74, 6) is 1.79. The molecule has 1 unspecified atom stereocenters. The molecule has 7 nitrogen and oxygen atoms in total. The second kappa shape index (κ2) is 11.5. The summed E-state index contributed by atoms with van der Waals surface area (Å²) in [7, 11) is 3.34. The van der Waals surface area contributed by atoms with Crippen molar-refractivity contribution in [3.8, 4) is 17.2 Å². The summed E-state index contributed by atoms with van der Waals surface area (Å²) < 4.78 is 17.1. The zero-order valence-corrected chi connectivity index (χ0v) is 21.8. The molecule has 1 atom stereocenters. The van der Waals surface area contributed by atoms with Crippen molar-refractivity contribution in [3.05, 3.63) is 106 Å². The average Bonchev–Trinajstić information content (AvgIpc) is 2.95. The van der Waals surface area contributed by atoms with Crippen LogP contribution < -0.4 is 14.2 Å². The second-order valence-electron chi connectivity index (χ2n) is 9.48. The Hall–Kier alpha value is -4.10. The number of hydrogen-bond donors (Lipinski definition) is 0. The van der Waals surface area contributed by atoms with Gasteiger partial charge >= 0.3 is 5.69 Å². The van der Waals surface area contributed by atoms with E-state index < -0.39 is 4.92 Å². The van der Waals surface area contributed by atoms with E-state index in [0.29, 0.717) is 12.4 Å². The maximum absolute atomic E-state index is 11.3. The van der Waals surface area contributed by atoms with Gasteiger partial charge in [-0.1, -0.05) is 54.6 Å². The summed E-state index contributed by atoms with van der Waals surface area (Å²) in [4.78, 5) is 13.4. The highest BCUT2D eigenvalue weighted by atomic mass is 16.6. The van der Waals surface area contributed by atoms with Crippen molar-refractivity contribution in [2.75, 3.05) is 33.9 Å². The lowest BCUT2D eigenvalue weighted by Crippen LogP contribution is -2.38.